The molecule has 1 aromatic heterocycles. The van der Waals surface area contributed by atoms with Crippen molar-refractivity contribution in [1.82, 2.24) is 4.98 Å². The molecule has 106 valence electrons. The summed E-state index contributed by atoms with van der Waals surface area (Å²) in [5.74, 6) is -0.0650. The van der Waals surface area contributed by atoms with Gasteiger partial charge in [0.05, 0.1) is 6.10 Å². The lowest BCUT2D eigenvalue weighted by atomic mass is 9.90. The highest BCUT2D eigenvalue weighted by Crippen LogP contribution is 2.35. The monoisotopic (exact) mass is 295 g/mol. The average Bonchev–Trinajstić information content (AvgIpc) is 2.38. The fourth-order valence-corrected chi connectivity index (χ4v) is 2.37. The summed E-state index contributed by atoms with van der Waals surface area (Å²) in [5.41, 5.74) is -0.818. The molecular formula is C12H13ClF3NO2. The van der Waals surface area contributed by atoms with Crippen molar-refractivity contribution >= 4 is 11.6 Å². The predicted octanol–water partition coefficient (Wildman–Crippen LogP) is 3.21. The van der Waals surface area contributed by atoms with Gasteiger partial charge in [-0.2, -0.15) is 13.2 Å². The zero-order valence-corrected chi connectivity index (χ0v) is 10.7. The maximum atomic E-state index is 12.5. The molecule has 0 bridgehead atoms. The van der Waals surface area contributed by atoms with Gasteiger partial charge in [-0.05, 0) is 24.8 Å². The van der Waals surface area contributed by atoms with Crippen LogP contribution in [0.5, 0.6) is 0 Å². The second-order valence-electron chi connectivity index (χ2n) is 4.47. The molecule has 2 heterocycles. The number of pyridine rings is 1. The van der Waals surface area contributed by atoms with Crippen molar-refractivity contribution in [3.8, 4) is 0 Å². The highest BCUT2D eigenvalue weighted by Gasteiger charge is 2.34. The quantitative estimate of drug-likeness (QED) is 0.852. The second kappa shape index (κ2) is 5.64. The summed E-state index contributed by atoms with van der Waals surface area (Å²) < 4.78 is 42.5. The number of hydrogen-bond acceptors (Lipinski definition) is 3. The van der Waals surface area contributed by atoms with E-state index in [1.54, 1.807) is 0 Å². The van der Waals surface area contributed by atoms with Gasteiger partial charge >= 0.3 is 6.18 Å². The third-order valence-electron chi connectivity index (χ3n) is 3.20. The van der Waals surface area contributed by atoms with Crippen LogP contribution in [0, 0.1) is 5.92 Å². The van der Waals surface area contributed by atoms with Crippen LogP contribution in [-0.4, -0.2) is 23.3 Å². The Morgan fingerprint density at radius 3 is 2.47 bits per heavy atom. The Morgan fingerprint density at radius 2 is 1.95 bits per heavy atom. The lowest BCUT2D eigenvalue weighted by Crippen LogP contribution is -2.22. The Morgan fingerprint density at radius 1 is 1.32 bits per heavy atom. The van der Waals surface area contributed by atoms with Crippen LogP contribution in [0.2, 0.25) is 5.15 Å². The number of hydrogen-bond donors (Lipinski definition) is 1. The Balaban J connectivity index is 2.20. The first kappa shape index (κ1) is 14.6. The van der Waals surface area contributed by atoms with E-state index in [1.807, 2.05) is 0 Å². The van der Waals surface area contributed by atoms with Crippen LogP contribution < -0.4 is 0 Å². The number of nitrogens with zero attached hydrogens (tertiary/aromatic N) is 1. The summed E-state index contributed by atoms with van der Waals surface area (Å²) >= 11 is 5.75. The van der Waals surface area contributed by atoms with Gasteiger partial charge in [-0.15, -0.1) is 0 Å². The molecule has 1 aliphatic rings. The summed E-state index contributed by atoms with van der Waals surface area (Å²) in [6, 6.07) is 2.03. The summed E-state index contributed by atoms with van der Waals surface area (Å²) in [7, 11) is 0. The smallest absolute Gasteiger partial charge is 0.388 e. The van der Waals surface area contributed by atoms with Gasteiger partial charge in [0.1, 0.15) is 10.8 Å². The first-order chi connectivity index (χ1) is 8.89. The van der Waals surface area contributed by atoms with Crippen molar-refractivity contribution in [1.29, 1.82) is 0 Å². The number of ether oxygens (including phenoxy) is 1. The Kier molecular flexibility index (Phi) is 4.32. The predicted molar refractivity (Wildman–Crippen MR) is 62.8 cm³/mol. The van der Waals surface area contributed by atoms with Crippen LogP contribution >= 0.6 is 11.6 Å². The zero-order chi connectivity index (χ0) is 14.0. The van der Waals surface area contributed by atoms with Crippen LogP contribution in [-0.2, 0) is 10.9 Å². The number of alkyl halides is 3. The van der Waals surface area contributed by atoms with E-state index in [0.29, 0.717) is 26.1 Å². The second-order valence-corrected chi connectivity index (χ2v) is 4.83. The lowest BCUT2D eigenvalue weighted by molar-refractivity contribution is -0.141. The van der Waals surface area contributed by atoms with E-state index >= 15 is 0 Å². The minimum absolute atomic E-state index is 0.0650. The van der Waals surface area contributed by atoms with Gasteiger partial charge in [0.15, 0.2) is 0 Å². The lowest BCUT2D eigenvalue weighted by Gasteiger charge is -2.27. The van der Waals surface area contributed by atoms with Crippen LogP contribution in [0.3, 0.4) is 0 Å². The number of aliphatic hydroxyl groups is 1. The average molecular weight is 296 g/mol. The van der Waals surface area contributed by atoms with E-state index < -0.39 is 18.0 Å². The molecule has 1 fully saturated rings. The van der Waals surface area contributed by atoms with Gasteiger partial charge in [-0.1, -0.05) is 17.7 Å². The first-order valence-electron chi connectivity index (χ1n) is 5.89. The molecule has 0 aliphatic carbocycles. The molecule has 1 aliphatic heterocycles. The number of rotatable bonds is 2. The molecule has 0 saturated carbocycles. The zero-order valence-electron chi connectivity index (χ0n) is 9.95. The molecule has 0 aromatic carbocycles. The number of halogens is 4. The van der Waals surface area contributed by atoms with Crippen LogP contribution in [0.4, 0.5) is 13.2 Å². The summed E-state index contributed by atoms with van der Waals surface area (Å²) in [4.78, 5) is 3.31. The van der Waals surface area contributed by atoms with Crippen molar-refractivity contribution in [2.75, 3.05) is 13.2 Å². The normalized spacial score (nSPS) is 19.4. The molecule has 2 rings (SSSR count). The Hall–Kier alpha value is -0.850. The maximum Gasteiger partial charge on any atom is 0.433 e. The van der Waals surface area contributed by atoms with Gasteiger partial charge in [0.2, 0.25) is 0 Å². The molecule has 1 unspecified atom stereocenters. The SMILES string of the molecule is OC(c1ccc(C(F)(F)F)nc1Cl)C1CCOCC1. The van der Waals surface area contributed by atoms with Crippen molar-refractivity contribution in [2.45, 2.75) is 25.1 Å². The van der Waals surface area contributed by atoms with E-state index in [2.05, 4.69) is 4.98 Å². The van der Waals surface area contributed by atoms with Gasteiger partial charge in [0, 0.05) is 18.8 Å². The third-order valence-corrected chi connectivity index (χ3v) is 3.50. The molecule has 7 heteroatoms. The Bertz CT molecular complexity index is 447. The van der Waals surface area contributed by atoms with Gasteiger partial charge in [-0.25, -0.2) is 4.98 Å². The minimum Gasteiger partial charge on any atom is -0.388 e. The fourth-order valence-electron chi connectivity index (χ4n) is 2.11. The molecule has 0 spiro atoms. The molecule has 1 N–H and O–H groups in total. The van der Waals surface area contributed by atoms with E-state index in [9.17, 15) is 18.3 Å². The molecule has 0 amide bonds. The summed E-state index contributed by atoms with van der Waals surface area (Å²) in [5, 5.41) is 9.86. The molecule has 0 radical (unpaired) electrons. The van der Waals surface area contributed by atoms with Gasteiger partial charge in [0.25, 0.3) is 0 Å². The highest BCUT2D eigenvalue weighted by molar-refractivity contribution is 6.30. The van der Waals surface area contributed by atoms with Crippen LogP contribution in [0.25, 0.3) is 0 Å². The van der Waals surface area contributed by atoms with Crippen LogP contribution in [0.15, 0.2) is 12.1 Å². The van der Waals surface area contributed by atoms with E-state index in [1.165, 1.54) is 6.07 Å². The van der Waals surface area contributed by atoms with Gasteiger partial charge < -0.3 is 9.84 Å². The minimum atomic E-state index is -4.54. The van der Waals surface area contributed by atoms with Crippen molar-refractivity contribution in [3.63, 3.8) is 0 Å². The Labute approximate surface area is 113 Å². The largest absolute Gasteiger partial charge is 0.433 e. The van der Waals surface area contributed by atoms with E-state index in [-0.39, 0.29) is 16.6 Å². The fraction of sp³-hybridized carbons (Fsp3) is 0.583. The first-order valence-corrected chi connectivity index (χ1v) is 6.27. The summed E-state index contributed by atoms with van der Waals surface area (Å²) in [6.07, 6.45) is -4.14. The third kappa shape index (κ3) is 3.38. The number of aliphatic hydroxyl groups excluding tert-OH is 1. The number of aromatic nitrogens is 1. The molecule has 19 heavy (non-hydrogen) atoms. The van der Waals surface area contributed by atoms with Crippen molar-refractivity contribution < 1.29 is 23.0 Å². The standard InChI is InChI=1S/C12H13ClF3NO2/c13-11-8(1-2-9(17-11)12(14,15)16)10(18)7-3-5-19-6-4-7/h1-2,7,10,18H,3-6H2. The molecular weight excluding hydrogens is 283 g/mol. The topological polar surface area (TPSA) is 42.4 Å². The van der Waals surface area contributed by atoms with Gasteiger partial charge in [-0.3, -0.25) is 0 Å². The molecule has 1 atom stereocenters. The van der Waals surface area contributed by atoms with E-state index in [4.69, 9.17) is 16.3 Å². The molecule has 1 saturated heterocycles. The van der Waals surface area contributed by atoms with Crippen LogP contribution in [0.1, 0.15) is 30.2 Å². The molecule has 1 aromatic rings. The van der Waals surface area contributed by atoms with E-state index in [0.717, 1.165) is 6.07 Å². The molecule has 3 nitrogen and oxygen atoms in total. The maximum absolute atomic E-state index is 12.5. The van der Waals surface area contributed by atoms with Crippen molar-refractivity contribution in [2.24, 2.45) is 5.92 Å². The summed E-state index contributed by atoms with van der Waals surface area (Å²) in [6.45, 7) is 1.07. The van der Waals surface area contributed by atoms with Crippen molar-refractivity contribution in [3.05, 3.63) is 28.5 Å². The highest BCUT2D eigenvalue weighted by atomic mass is 35.5.